The Labute approximate surface area is 127 Å². The monoisotopic (exact) mass is 285 g/mol. The molecular formula is C18H27N3. The molecule has 0 bridgehead atoms. The van der Waals surface area contributed by atoms with Crippen LogP contribution in [-0.4, -0.2) is 15.6 Å². The van der Waals surface area contributed by atoms with Crippen LogP contribution < -0.4 is 5.73 Å². The van der Waals surface area contributed by atoms with Gasteiger partial charge in [-0.3, -0.25) is 0 Å². The number of fused-ring (bicyclic) bond motifs is 1. The highest BCUT2D eigenvalue weighted by Gasteiger charge is 2.34. The first kappa shape index (κ1) is 14.6. The van der Waals surface area contributed by atoms with Crippen molar-refractivity contribution in [2.45, 2.75) is 58.5 Å². The number of nitrogens with zero attached hydrogens (tertiary/aromatic N) is 2. The largest absolute Gasteiger partial charge is 0.326 e. The molecule has 21 heavy (non-hydrogen) atoms. The molecule has 1 aromatic carbocycles. The first-order valence-corrected chi connectivity index (χ1v) is 8.33. The van der Waals surface area contributed by atoms with E-state index in [-0.39, 0.29) is 6.04 Å². The van der Waals surface area contributed by atoms with E-state index < -0.39 is 0 Å². The molecule has 4 atom stereocenters. The minimum Gasteiger partial charge on any atom is -0.326 e. The number of rotatable bonds is 3. The van der Waals surface area contributed by atoms with Crippen molar-refractivity contribution in [2.75, 3.05) is 0 Å². The van der Waals surface area contributed by atoms with Gasteiger partial charge >= 0.3 is 0 Å². The zero-order chi connectivity index (χ0) is 15.0. The van der Waals surface area contributed by atoms with E-state index in [2.05, 4.69) is 49.6 Å². The van der Waals surface area contributed by atoms with Crippen molar-refractivity contribution < 1.29 is 0 Å². The van der Waals surface area contributed by atoms with Gasteiger partial charge in [0.05, 0.1) is 17.1 Å². The van der Waals surface area contributed by atoms with Gasteiger partial charge in [0, 0.05) is 12.5 Å². The molecule has 1 heterocycles. The molecule has 1 saturated carbocycles. The molecule has 3 heteroatoms. The molecule has 3 rings (SSSR count). The number of hydrogen-bond acceptors (Lipinski definition) is 2. The molecule has 0 aliphatic heterocycles. The number of para-hydroxylation sites is 2. The molecule has 114 valence electrons. The molecule has 0 radical (unpaired) electrons. The molecule has 1 aliphatic carbocycles. The molecule has 1 fully saturated rings. The van der Waals surface area contributed by atoms with Crippen LogP contribution in [0.5, 0.6) is 0 Å². The lowest BCUT2D eigenvalue weighted by Gasteiger charge is -2.39. The maximum atomic E-state index is 6.56. The van der Waals surface area contributed by atoms with Crippen molar-refractivity contribution in [3.63, 3.8) is 0 Å². The van der Waals surface area contributed by atoms with Gasteiger partial charge in [-0.25, -0.2) is 4.98 Å². The Morgan fingerprint density at radius 2 is 2.00 bits per heavy atom. The van der Waals surface area contributed by atoms with Crippen molar-refractivity contribution in [1.29, 1.82) is 0 Å². The molecule has 1 aliphatic rings. The van der Waals surface area contributed by atoms with E-state index in [1.807, 2.05) is 0 Å². The summed E-state index contributed by atoms with van der Waals surface area (Å²) in [5, 5.41) is 0. The highest BCUT2D eigenvalue weighted by Crippen LogP contribution is 2.38. The predicted octanol–water partition coefficient (Wildman–Crippen LogP) is 3.92. The topological polar surface area (TPSA) is 43.8 Å². The van der Waals surface area contributed by atoms with Crippen LogP contribution in [0.25, 0.3) is 11.0 Å². The van der Waals surface area contributed by atoms with Gasteiger partial charge in [-0.1, -0.05) is 32.9 Å². The Bertz CT molecular complexity index is 604. The van der Waals surface area contributed by atoms with Crippen LogP contribution in [-0.2, 0) is 6.42 Å². The van der Waals surface area contributed by atoms with E-state index in [1.165, 1.54) is 17.8 Å². The second-order valence-electron chi connectivity index (χ2n) is 6.85. The van der Waals surface area contributed by atoms with Gasteiger partial charge < -0.3 is 10.3 Å². The quantitative estimate of drug-likeness (QED) is 0.928. The number of imidazole rings is 1. The SMILES string of the molecule is CCCc1nc2ccccc2n1C1C(C)CC(C)CC1N. The summed E-state index contributed by atoms with van der Waals surface area (Å²) < 4.78 is 2.46. The van der Waals surface area contributed by atoms with Crippen molar-refractivity contribution in [3.05, 3.63) is 30.1 Å². The summed E-state index contributed by atoms with van der Waals surface area (Å²) in [7, 11) is 0. The molecule has 4 unspecified atom stereocenters. The summed E-state index contributed by atoms with van der Waals surface area (Å²) in [6.07, 6.45) is 4.53. The second kappa shape index (κ2) is 5.80. The van der Waals surface area contributed by atoms with Gasteiger partial charge in [0.2, 0.25) is 0 Å². The smallest absolute Gasteiger partial charge is 0.110 e. The molecule has 2 aromatic rings. The van der Waals surface area contributed by atoms with Gasteiger partial charge in [-0.05, 0) is 43.2 Å². The number of nitrogens with two attached hydrogens (primary N) is 1. The van der Waals surface area contributed by atoms with Crippen LogP contribution in [0.4, 0.5) is 0 Å². The van der Waals surface area contributed by atoms with E-state index >= 15 is 0 Å². The van der Waals surface area contributed by atoms with Gasteiger partial charge in [0.25, 0.3) is 0 Å². The minimum atomic E-state index is 0.233. The Morgan fingerprint density at radius 1 is 1.24 bits per heavy atom. The van der Waals surface area contributed by atoms with Crippen LogP contribution in [0, 0.1) is 11.8 Å². The standard InChI is InChI=1S/C18H27N3/c1-4-7-17-20-15-8-5-6-9-16(15)21(17)18-13(3)10-12(2)11-14(18)19/h5-6,8-9,12-14,18H,4,7,10-11,19H2,1-3H3. The fraction of sp³-hybridized carbons (Fsp3) is 0.611. The lowest BCUT2D eigenvalue weighted by molar-refractivity contribution is 0.178. The third-order valence-electron chi connectivity index (χ3n) is 4.91. The van der Waals surface area contributed by atoms with Crippen molar-refractivity contribution >= 4 is 11.0 Å². The summed E-state index contributed by atoms with van der Waals surface area (Å²) in [5.41, 5.74) is 8.92. The zero-order valence-corrected chi connectivity index (χ0v) is 13.4. The summed E-state index contributed by atoms with van der Waals surface area (Å²) in [5.74, 6) is 2.55. The third-order valence-corrected chi connectivity index (χ3v) is 4.91. The second-order valence-corrected chi connectivity index (χ2v) is 6.85. The summed E-state index contributed by atoms with van der Waals surface area (Å²) >= 11 is 0. The Balaban J connectivity index is 2.11. The average Bonchev–Trinajstić information content (AvgIpc) is 2.77. The summed E-state index contributed by atoms with van der Waals surface area (Å²) in [6.45, 7) is 6.90. The van der Waals surface area contributed by atoms with Crippen LogP contribution >= 0.6 is 0 Å². The van der Waals surface area contributed by atoms with Gasteiger partial charge in [0.1, 0.15) is 5.82 Å². The number of aryl methyl sites for hydroxylation is 1. The number of hydrogen-bond donors (Lipinski definition) is 1. The van der Waals surface area contributed by atoms with Gasteiger partial charge in [-0.2, -0.15) is 0 Å². The third kappa shape index (κ3) is 2.59. The van der Waals surface area contributed by atoms with Crippen molar-refractivity contribution in [2.24, 2.45) is 17.6 Å². The van der Waals surface area contributed by atoms with Crippen LogP contribution in [0.2, 0.25) is 0 Å². The fourth-order valence-electron chi connectivity index (χ4n) is 4.17. The summed E-state index contributed by atoms with van der Waals surface area (Å²) in [4.78, 5) is 4.87. The van der Waals surface area contributed by atoms with Crippen LogP contribution in [0.15, 0.2) is 24.3 Å². The van der Waals surface area contributed by atoms with E-state index in [0.29, 0.717) is 12.0 Å². The normalized spacial score (nSPS) is 29.9. The maximum absolute atomic E-state index is 6.56. The molecule has 0 amide bonds. The zero-order valence-electron chi connectivity index (χ0n) is 13.4. The number of aromatic nitrogens is 2. The van der Waals surface area contributed by atoms with E-state index in [4.69, 9.17) is 10.7 Å². The molecule has 1 aromatic heterocycles. The Kier molecular flexibility index (Phi) is 4.03. The molecule has 0 saturated heterocycles. The Hall–Kier alpha value is -1.35. The maximum Gasteiger partial charge on any atom is 0.110 e. The first-order chi connectivity index (χ1) is 10.1. The molecule has 0 spiro atoms. The highest BCUT2D eigenvalue weighted by atomic mass is 15.1. The molecular weight excluding hydrogens is 258 g/mol. The van der Waals surface area contributed by atoms with Gasteiger partial charge in [0.15, 0.2) is 0 Å². The lowest BCUT2D eigenvalue weighted by Crippen LogP contribution is -2.42. The summed E-state index contributed by atoms with van der Waals surface area (Å²) in [6, 6.07) is 9.11. The lowest BCUT2D eigenvalue weighted by atomic mass is 9.76. The predicted molar refractivity (Wildman–Crippen MR) is 88.3 cm³/mol. The highest BCUT2D eigenvalue weighted by molar-refractivity contribution is 5.76. The minimum absolute atomic E-state index is 0.233. The van der Waals surface area contributed by atoms with Crippen molar-refractivity contribution in [3.8, 4) is 0 Å². The van der Waals surface area contributed by atoms with Crippen LogP contribution in [0.3, 0.4) is 0 Å². The first-order valence-electron chi connectivity index (χ1n) is 8.33. The van der Waals surface area contributed by atoms with E-state index in [0.717, 1.165) is 30.7 Å². The number of benzene rings is 1. The Morgan fingerprint density at radius 3 is 2.71 bits per heavy atom. The van der Waals surface area contributed by atoms with Crippen LogP contribution in [0.1, 0.15) is 51.9 Å². The van der Waals surface area contributed by atoms with Gasteiger partial charge in [-0.15, -0.1) is 0 Å². The average molecular weight is 285 g/mol. The van der Waals surface area contributed by atoms with E-state index in [9.17, 15) is 0 Å². The van der Waals surface area contributed by atoms with E-state index in [1.54, 1.807) is 0 Å². The molecule has 2 N–H and O–H groups in total. The fourth-order valence-corrected chi connectivity index (χ4v) is 4.17. The van der Waals surface area contributed by atoms with Crippen molar-refractivity contribution in [1.82, 2.24) is 9.55 Å². The molecule has 3 nitrogen and oxygen atoms in total.